The first-order valence-corrected chi connectivity index (χ1v) is 37.8. The quantitative estimate of drug-likeness (QED) is 0.0205. The van der Waals surface area contributed by atoms with Gasteiger partial charge in [-0.25, -0.2) is 4.57 Å². The van der Waals surface area contributed by atoms with Gasteiger partial charge in [-0.1, -0.05) is 299 Å². The molecule has 85 heavy (non-hydrogen) atoms. The molecule has 0 saturated heterocycles. The van der Waals surface area contributed by atoms with Crippen LogP contribution >= 0.6 is 7.82 Å². The van der Waals surface area contributed by atoms with Crippen LogP contribution in [0.25, 0.3) is 0 Å². The lowest BCUT2D eigenvalue weighted by Gasteiger charge is -2.27. The van der Waals surface area contributed by atoms with Crippen molar-refractivity contribution in [2.45, 2.75) is 354 Å². The third-order valence-corrected chi connectivity index (χ3v) is 17.1. The molecule has 1 amide bonds. The topological polar surface area (TPSA) is 111 Å². The minimum Gasteiger partial charge on any atom is -0.456 e. The number of phosphoric ester groups is 1. The molecule has 0 saturated carbocycles. The molecular formula is C75H140N2O7P+. The van der Waals surface area contributed by atoms with Crippen LogP contribution in [0.4, 0.5) is 0 Å². The number of unbranched alkanes of at least 4 members (excludes halogenated alkanes) is 40. The van der Waals surface area contributed by atoms with Gasteiger partial charge in [-0.15, -0.1) is 0 Å². The first kappa shape index (κ1) is 82.5. The van der Waals surface area contributed by atoms with Crippen molar-refractivity contribution < 1.29 is 37.3 Å². The molecule has 0 radical (unpaired) electrons. The number of carbonyl (C=O) groups excluding carboxylic acids is 2. The Kier molecular flexibility index (Phi) is 62.5. The van der Waals surface area contributed by atoms with Crippen LogP contribution in [0.15, 0.2) is 72.9 Å². The van der Waals surface area contributed by atoms with Crippen molar-refractivity contribution in [3.8, 4) is 0 Å². The molecule has 3 unspecified atom stereocenters. The van der Waals surface area contributed by atoms with Gasteiger partial charge < -0.3 is 19.4 Å². The van der Waals surface area contributed by atoms with Crippen molar-refractivity contribution in [1.82, 2.24) is 5.32 Å². The number of ether oxygens (including phenoxy) is 1. The van der Waals surface area contributed by atoms with Crippen LogP contribution in [0.2, 0.25) is 0 Å². The number of hydrogen-bond donors (Lipinski definition) is 2. The lowest BCUT2D eigenvalue weighted by Crippen LogP contribution is -2.47. The number of nitrogens with zero attached hydrogens (tertiary/aromatic N) is 1. The Labute approximate surface area is 527 Å². The van der Waals surface area contributed by atoms with Crippen LogP contribution in [-0.2, 0) is 27.9 Å². The summed E-state index contributed by atoms with van der Waals surface area (Å²) in [6.07, 6.45) is 84.9. The number of nitrogens with one attached hydrogen (secondary N) is 1. The molecule has 0 aromatic carbocycles. The number of esters is 1. The second-order valence-electron chi connectivity index (χ2n) is 25.8. The zero-order valence-electron chi connectivity index (χ0n) is 56.9. The van der Waals surface area contributed by atoms with Gasteiger partial charge >= 0.3 is 13.8 Å². The smallest absolute Gasteiger partial charge is 0.456 e. The Balaban J connectivity index is 4.99. The van der Waals surface area contributed by atoms with Crippen LogP contribution in [0.5, 0.6) is 0 Å². The standard InChI is InChI=1S/C75H139N2O7P/c1-7-10-13-16-19-22-25-27-29-31-33-35-37-38-40-42-44-46-48-50-53-56-59-62-65-68-75(79)84-73(66-63-60-57-54-51-24-21-18-15-12-9-3)72(71-83-85(80,81)82-70-69-77(4,5)6)76-74(78)67-64-61-58-55-52-49-47-45-43-41-39-36-34-32-30-28-26-23-20-17-14-11-8-2/h19-20,22-23,27-30,33,35,63,66,72-73H,7-18,21,24-26,31-32,34,36-62,64-65,67-71H2,1-6H3,(H-,76,78,80,81)/p+1/b22-19-,23-20-,29-27-,30-28-,35-33-,66-63+. The average molecular weight is 1210 g/mol. The van der Waals surface area contributed by atoms with Crippen LogP contribution in [0.3, 0.4) is 0 Å². The maximum atomic E-state index is 13.6. The molecule has 2 N–H and O–H groups in total. The van der Waals surface area contributed by atoms with Crippen LogP contribution in [-0.4, -0.2) is 74.3 Å². The largest absolute Gasteiger partial charge is 0.472 e. The first-order valence-electron chi connectivity index (χ1n) is 36.3. The summed E-state index contributed by atoms with van der Waals surface area (Å²) in [6, 6.07) is -0.852. The molecule has 0 aliphatic carbocycles. The van der Waals surface area contributed by atoms with Gasteiger partial charge in [0.15, 0.2) is 0 Å². The maximum absolute atomic E-state index is 13.6. The summed E-state index contributed by atoms with van der Waals surface area (Å²) in [7, 11) is 1.50. The molecule has 0 aliphatic heterocycles. The first-order chi connectivity index (χ1) is 41.4. The molecule has 9 nitrogen and oxygen atoms in total. The van der Waals surface area contributed by atoms with Crippen molar-refractivity contribution in [2.75, 3.05) is 40.9 Å². The lowest BCUT2D eigenvalue weighted by atomic mass is 10.0. The fourth-order valence-corrected chi connectivity index (χ4v) is 11.2. The molecule has 0 fully saturated rings. The molecule has 0 bridgehead atoms. The van der Waals surface area contributed by atoms with Gasteiger partial charge in [0.05, 0.1) is 33.8 Å². The molecular weight excluding hydrogens is 1070 g/mol. The van der Waals surface area contributed by atoms with Crippen molar-refractivity contribution in [1.29, 1.82) is 0 Å². The third-order valence-electron chi connectivity index (χ3n) is 16.1. The van der Waals surface area contributed by atoms with E-state index in [-0.39, 0.29) is 31.5 Å². The molecule has 0 heterocycles. The minimum atomic E-state index is -4.46. The van der Waals surface area contributed by atoms with E-state index in [0.29, 0.717) is 17.4 Å². The normalized spacial score (nSPS) is 13.9. The molecule has 0 aliphatic rings. The van der Waals surface area contributed by atoms with Gasteiger partial charge in [-0.05, 0) is 102 Å². The molecule has 0 spiro atoms. The van der Waals surface area contributed by atoms with E-state index < -0.39 is 20.0 Å². The summed E-state index contributed by atoms with van der Waals surface area (Å²) < 4.78 is 30.8. The zero-order chi connectivity index (χ0) is 62.1. The van der Waals surface area contributed by atoms with E-state index in [1.165, 1.54) is 231 Å². The summed E-state index contributed by atoms with van der Waals surface area (Å²) in [5.41, 5.74) is 0. The Bertz CT molecular complexity index is 1680. The van der Waals surface area contributed by atoms with Crippen LogP contribution in [0.1, 0.15) is 342 Å². The minimum absolute atomic E-state index is 0.0391. The lowest BCUT2D eigenvalue weighted by molar-refractivity contribution is -0.870. The highest BCUT2D eigenvalue weighted by molar-refractivity contribution is 7.47. The summed E-state index contributed by atoms with van der Waals surface area (Å²) in [6.45, 7) is 6.99. The van der Waals surface area contributed by atoms with Gasteiger partial charge in [-0.3, -0.25) is 18.6 Å². The summed E-state index contributed by atoms with van der Waals surface area (Å²) in [5, 5.41) is 3.07. The second-order valence-corrected chi connectivity index (χ2v) is 27.2. The van der Waals surface area contributed by atoms with Crippen molar-refractivity contribution >= 4 is 19.7 Å². The van der Waals surface area contributed by atoms with Gasteiger partial charge in [0, 0.05) is 12.8 Å². The Morgan fingerprint density at radius 2 is 0.718 bits per heavy atom. The van der Waals surface area contributed by atoms with E-state index in [1.807, 2.05) is 33.3 Å². The number of carbonyl (C=O) groups is 2. The summed E-state index contributed by atoms with van der Waals surface area (Å²) in [4.78, 5) is 37.9. The van der Waals surface area contributed by atoms with Crippen LogP contribution < -0.4 is 5.32 Å². The highest BCUT2D eigenvalue weighted by atomic mass is 31.2. The summed E-state index contributed by atoms with van der Waals surface area (Å²) >= 11 is 0. The van der Waals surface area contributed by atoms with Crippen LogP contribution in [0, 0.1) is 0 Å². The number of quaternary nitrogens is 1. The second kappa shape index (κ2) is 64.4. The molecule has 0 rings (SSSR count). The van der Waals surface area contributed by atoms with Crippen molar-refractivity contribution in [2.24, 2.45) is 0 Å². The zero-order valence-corrected chi connectivity index (χ0v) is 57.7. The highest BCUT2D eigenvalue weighted by Crippen LogP contribution is 2.43. The van der Waals surface area contributed by atoms with E-state index in [9.17, 15) is 19.0 Å². The van der Waals surface area contributed by atoms with Gasteiger partial charge in [-0.2, -0.15) is 0 Å². The predicted molar refractivity (Wildman–Crippen MR) is 369 cm³/mol. The SMILES string of the molecule is CCCCC/C=C\C/C=C\C/C=C\CCCCCCCCCCCCCCC(=O)OC(/C=C/CCCCCCCCCCC)C(COP(=O)(O)OCC[N+](C)(C)C)NC(=O)CCCCCCCCCCCCCCC/C=C\C/C=C\CCCCC. The molecule has 0 aromatic heterocycles. The van der Waals surface area contributed by atoms with Gasteiger partial charge in [0.1, 0.15) is 19.3 Å². The van der Waals surface area contributed by atoms with E-state index in [1.54, 1.807) is 0 Å². The Hall–Kier alpha value is -2.55. The summed E-state index contributed by atoms with van der Waals surface area (Å²) in [5.74, 6) is -0.498. The maximum Gasteiger partial charge on any atom is 0.472 e. The van der Waals surface area contributed by atoms with E-state index in [0.717, 1.165) is 77.0 Å². The number of likely N-dealkylation sites (N-methyl/N-ethyl adjacent to an activating group) is 1. The third kappa shape index (κ3) is 65.7. The van der Waals surface area contributed by atoms with Gasteiger partial charge in [0.2, 0.25) is 5.91 Å². The fraction of sp³-hybridized carbons (Fsp3) is 0.813. The van der Waals surface area contributed by atoms with E-state index in [4.69, 9.17) is 13.8 Å². The Morgan fingerprint density at radius 3 is 1.09 bits per heavy atom. The number of rotatable bonds is 66. The Morgan fingerprint density at radius 1 is 0.412 bits per heavy atom. The number of phosphoric acid groups is 1. The molecule has 10 heteroatoms. The number of allylic oxidation sites excluding steroid dienone is 11. The highest BCUT2D eigenvalue weighted by Gasteiger charge is 2.30. The molecule has 0 aromatic rings. The average Bonchev–Trinajstić information content (AvgIpc) is 3.58. The fourth-order valence-electron chi connectivity index (χ4n) is 10.5. The van der Waals surface area contributed by atoms with Gasteiger partial charge in [0.25, 0.3) is 0 Å². The van der Waals surface area contributed by atoms with E-state index in [2.05, 4.69) is 86.8 Å². The van der Waals surface area contributed by atoms with E-state index >= 15 is 0 Å². The molecule has 496 valence electrons. The van der Waals surface area contributed by atoms with Crippen molar-refractivity contribution in [3.63, 3.8) is 0 Å². The number of amides is 1. The molecule has 3 atom stereocenters. The predicted octanol–water partition coefficient (Wildman–Crippen LogP) is 23.1. The van der Waals surface area contributed by atoms with Crippen molar-refractivity contribution in [3.05, 3.63) is 72.9 Å². The monoisotopic (exact) mass is 1210 g/mol. The number of hydrogen-bond acceptors (Lipinski definition) is 6.